The number of hydrogen-bond acceptors (Lipinski definition) is 3. The van der Waals surface area contributed by atoms with Gasteiger partial charge in [0.05, 0.1) is 12.7 Å². The van der Waals surface area contributed by atoms with Gasteiger partial charge in [-0.3, -0.25) is 4.79 Å². The van der Waals surface area contributed by atoms with Crippen molar-refractivity contribution < 1.29 is 14.6 Å². The fourth-order valence-electron chi connectivity index (χ4n) is 0.400. The number of carbonyl (C=O) groups is 1. The predicted molar refractivity (Wildman–Crippen MR) is 33.1 cm³/mol. The zero-order valence-electron chi connectivity index (χ0n) is 5.28. The Bertz CT molecular complexity index is 98.5. The zero-order valence-corrected chi connectivity index (χ0v) is 5.28. The van der Waals surface area contributed by atoms with Crippen LogP contribution in [0.4, 0.5) is 0 Å². The Labute approximate surface area is 53.9 Å². The number of methoxy groups -OCH3 is 1. The van der Waals surface area contributed by atoms with Gasteiger partial charge in [0.15, 0.2) is 0 Å². The first kappa shape index (κ1) is 8.33. The van der Waals surface area contributed by atoms with Gasteiger partial charge in [-0.15, -0.1) is 0 Å². The number of aliphatic hydroxyl groups excluding tert-OH is 1. The number of carbonyl (C=O) groups excluding carboxylic acids is 1. The van der Waals surface area contributed by atoms with Crippen LogP contribution in [0.5, 0.6) is 0 Å². The molecule has 0 spiro atoms. The number of allylic oxidation sites excluding steroid dienone is 1. The molecule has 0 aliphatic rings. The van der Waals surface area contributed by atoms with Gasteiger partial charge in [0.2, 0.25) is 0 Å². The average molecular weight is 130 g/mol. The van der Waals surface area contributed by atoms with Crippen molar-refractivity contribution in [1.29, 1.82) is 0 Å². The molecule has 0 aliphatic heterocycles. The van der Waals surface area contributed by atoms with E-state index in [2.05, 4.69) is 4.74 Å². The van der Waals surface area contributed by atoms with Crippen LogP contribution < -0.4 is 0 Å². The van der Waals surface area contributed by atoms with Gasteiger partial charge in [-0.2, -0.15) is 0 Å². The van der Waals surface area contributed by atoms with Crippen LogP contribution in [0, 0.1) is 0 Å². The van der Waals surface area contributed by atoms with E-state index in [4.69, 9.17) is 5.11 Å². The van der Waals surface area contributed by atoms with Gasteiger partial charge in [-0.1, -0.05) is 6.08 Å². The molecule has 0 aromatic heterocycles. The van der Waals surface area contributed by atoms with Crippen molar-refractivity contribution in [3.8, 4) is 0 Å². The van der Waals surface area contributed by atoms with E-state index in [1.807, 2.05) is 0 Å². The molecule has 0 saturated carbocycles. The highest BCUT2D eigenvalue weighted by molar-refractivity contribution is 5.64. The van der Waals surface area contributed by atoms with E-state index in [9.17, 15) is 4.79 Å². The molecule has 0 rings (SSSR count). The predicted octanol–water partition coefficient (Wildman–Crippen LogP) is -0.251. The Morgan fingerprint density at radius 2 is 2.44 bits per heavy atom. The highest BCUT2D eigenvalue weighted by Crippen LogP contribution is 1.83. The molecule has 0 aromatic carbocycles. The quantitative estimate of drug-likeness (QED) is 0.421. The Morgan fingerprint density at radius 1 is 1.78 bits per heavy atom. The number of ether oxygens (including phenoxy) is 1. The number of aldehydes is 1. The van der Waals surface area contributed by atoms with Crippen LogP contribution in [0.25, 0.3) is 0 Å². The lowest BCUT2D eigenvalue weighted by atomic mass is 10.3. The molecule has 0 fully saturated rings. The van der Waals surface area contributed by atoms with Crippen LogP contribution in [0.15, 0.2) is 12.2 Å². The van der Waals surface area contributed by atoms with Crippen molar-refractivity contribution in [2.45, 2.75) is 6.10 Å². The van der Waals surface area contributed by atoms with E-state index >= 15 is 0 Å². The minimum Gasteiger partial charge on any atom is -0.387 e. The second-order valence-corrected chi connectivity index (χ2v) is 1.54. The third kappa shape index (κ3) is 5.20. The van der Waals surface area contributed by atoms with Gasteiger partial charge in [-0.05, 0) is 6.08 Å². The van der Waals surface area contributed by atoms with E-state index in [-0.39, 0.29) is 6.61 Å². The maximum Gasteiger partial charge on any atom is 0.142 e. The monoisotopic (exact) mass is 130 g/mol. The minimum atomic E-state index is -0.666. The topological polar surface area (TPSA) is 46.5 Å². The molecule has 3 heteroatoms. The van der Waals surface area contributed by atoms with E-state index in [1.165, 1.54) is 19.3 Å². The third-order valence-electron chi connectivity index (χ3n) is 0.749. The lowest BCUT2D eigenvalue weighted by molar-refractivity contribution is -0.104. The minimum absolute atomic E-state index is 0.227. The first-order chi connectivity index (χ1) is 4.31. The first-order valence-electron chi connectivity index (χ1n) is 2.60. The highest BCUT2D eigenvalue weighted by atomic mass is 16.5. The van der Waals surface area contributed by atoms with Gasteiger partial charge in [0.1, 0.15) is 6.29 Å². The van der Waals surface area contributed by atoms with E-state index in [0.29, 0.717) is 6.29 Å². The van der Waals surface area contributed by atoms with Gasteiger partial charge in [-0.25, -0.2) is 0 Å². The van der Waals surface area contributed by atoms with Crippen LogP contribution in [-0.2, 0) is 9.53 Å². The highest BCUT2D eigenvalue weighted by Gasteiger charge is 1.93. The Balaban J connectivity index is 3.35. The summed E-state index contributed by atoms with van der Waals surface area (Å²) in [7, 11) is 1.48. The summed E-state index contributed by atoms with van der Waals surface area (Å²) >= 11 is 0. The van der Waals surface area contributed by atoms with Crippen molar-refractivity contribution in [2.24, 2.45) is 0 Å². The summed E-state index contributed by atoms with van der Waals surface area (Å²) in [6.45, 7) is 0.227. The summed E-state index contributed by atoms with van der Waals surface area (Å²) in [6.07, 6.45) is 2.55. The van der Waals surface area contributed by atoms with Gasteiger partial charge < -0.3 is 9.84 Å². The maximum absolute atomic E-state index is 9.67. The second-order valence-electron chi connectivity index (χ2n) is 1.54. The molecular weight excluding hydrogens is 120 g/mol. The normalized spacial score (nSPS) is 14.0. The Hall–Kier alpha value is -0.670. The SMILES string of the molecule is COCC(O)/C=C\C=O. The van der Waals surface area contributed by atoms with Gasteiger partial charge in [0, 0.05) is 7.11 Å². The van der Waals surface area contributed by atoms with Crippen molar-refractivity contribution >= 4 is 6.29 Å². The molecule has 0 amide bonds. The molecule has 3 nitrogen and oxygen atoms in total. The van der Waals surface area contributed by atoms with Crippen LogP contribution in [0.3, 0.4) is 0 Å². The summed E-state index contributed by atoms with van der Waals surface area (Å²) < 4.78 is 4.58. The average Bonchev–Trinajstić information content (AvgIpc) is 1.85. The zero-order chi connectivity index (χ0) is 7.11. The van der Waals surface area contributed by atoms with Crippen molar-refractivity contribution in [2.75, 3.05) is 13.7 Å². The summed E-state index contributed by atoms with van der Waals surface area (Å²) in [5.74, 6) is 0. The van der Waals surface area contributed by atoms with Crippen LogP contribution in [0.2, 0.25) is 0 Å². The number of rotatable bonds is 4. The largest absolute Gasteiger partial charge is 0.387 e. The summed E-state index contributed by atoms with van der Waals surface area (Å²) in [5.41, 5.74) is 0. The van der Waals surface area contributed by atoms with Crippen molar-refractivity contribution in [3.05, 3.63) is 12.2 Å². The van der Waals surface area contributed by atoms with Crippen LogP contribution in [-0.4, -0.2) is 31.2 Å². The smallest absolute Gasteiger partial charge is 0.142 e. The number of hydrogen-bond donors (Lipinski definition) is 1. The van der Waals surface area contributed by atoms with E-state index in [1.54, 1.807) is 0 Å². The van der Waals surface area contributed by atoms with Crippen LogP contribution >= 0.6 is 0 Å². The van der Waals surface area contributed by atoms with Crippen molar-refractivity contribution in [3.63, 3.8) is 0 Å². The fourth-order valence-corrected chi connectivity index (χ4v) is 0.400. The first-order valence-corrected chi connectivity index (χ1v) is 2.60. The lowest BCUT2D eigenvalue weighted by Crippen LogP contribution is -2.09. The molecule has 0 aromatic rings. The molecule has 1 atom stereocenters. The van der Waals surface area contributed by atoms with Gasteiger partial charge in [0.25, 0.3) is 0 Å². The number of aliphatic hydroxyl groups is 1. The maximum atomic E-state index is 9.67. The Kier molecular flexibility index (Phi) is 5.06. The summed E-state index contributed by atoms with van der Waals surface area (Å²) in [6, 6.07) is 0. The summed E-state index contributed by atoms with van der Waals surface area (Å²) in [5, 5.41) is 8.81. The molecule has 9 heavy (non-hydrogen) atoms. The molecule has 0 heterocycles. The van der Waals surface area contributed by atoms with Crippen LogP contribution in [0.1, 0.15) is 0 Å². The lowest BCUT2D eigenvalue weighted by Gasteiger charge is -2.00. The van der Waals surface area contributed by atoms with Gasteiger partial charge >= 0.3 is 0 Å². The second kappa shape index (κ2) is 5.47. The molecule has 0 aliphatic carbocycles. The molecule has 0 saturated heterocycles. The Morgan fingerprint density at radius 3 is 2.89 bits per heavy atom. The molecule has 1 N–H and O–H groups in total. The van der Waals surface area contributed by atoms with E-state index in [0.717, 1.165) is 0 Å². The fraction of sp³-hybridized carbons (Fsp3) is 0.500. The standard InChI is InChI=1S/C6H10O3/c1-9-5-6(8)3-2-4-7/h2-4,6,8H,5H2,1H3/b3-2-. The van der Waals surface area contributed by atoms with E-state index < -0.39 is 6.10 Å². The molecule has 52 valence electrons. The third-order valence-corrected chi connectivity index (χ3v) is 0.749. The molecule has 0 bridgehead atoms. The molecule has 0 radical (unpaired) electrons. The molecule has 1 unspecified atom stereocenters. The summed E-state index contributed by atoms with van der Waals surface area (Å²) in [4.78, 5) is 9.67. The van der Waals surface area contributed by atoms with Crippen molar-refractivity contribution in [1.82, 2.24) is 0 Å². The molecular formula is C6H10O3.